The van der Waals surface area contributed by atoms with Crippen molar-refractivity contribution >= 4 is 15.8 Å². The van der Waals surface area contributed by atoms with E-state index in [0.717, 1.165) is 4.31 Å². The average Bonchev–Trinajstić information content (AvgIpc) is 2.93. The molecule has 0 unspecified atom stereocenters. The molecule has 22 heavy (non-hydrogen) atoms. The Morgan fingerprint density at radius 2 is 2.14 bits per heavy atom. The van der Waals surface area contributed by atoms with Gasteiger partial charge in [-0.25, -0.2) is 12.7 Å². The van der Waals surface area contributed by atoms with Crippen LogP contribution in [0, 0.1) is 30.1 Å². The van der Waals surface area contributed by atoms with Crippen molar-refractivity contribution in [2.24, 2.45) is 0 Å². The highest BCUT2D eigenvalue weighted by atomic mass is 32.2. The highest BCUT2D eigenvalue weighted by molar-refractivity contribution is 7.92. The van der Waals surface area contributed by atoms with Gasteiger partial charge in [0.1, 0.15) is 5.76 Å². The van der Waals surface area contributed by atoms with Crippen LogP contribution in [0.1, 0.15) is 18.2 Å². The van der Waals surface area contributed by atoms with Gasteiger partial charge in [0.2, 0.25) is 0 Å². The zero-order chi connectivity index (χ0) is 16.2. The third-order valence-corrected chi connectivity index (χ3v) is 4.57. The Labute approximate surface area is 129 Å². The predicted octanol–water partition coefficient (Wildman–Crippen LogP) is 2.07. The van der Waals surface area contributed by atoms with Crippen LogP contribution < -0.4 is 4.31 Å². The number of aromatic nitrogens is 1. The van der Waals surface area contributed by atoms with Gasteiger partial charge >= 0.3 is 0 Å². The summed E-state index contributed by atoms with van der Waals surface area (Å²) in [5, 5.41) is 12.7. The number of aryl methyl sites for hydroxylation is 1. The number of anilines is 1. The van der Waals surface area contributed by atoms with Crippen LogP contribution in [0.15, 0.2) is 39.8 Å². The summed E-state index contributed by atoms with van der Waals surface area (Å²) in [6.07, 6.45) is 0. The molecular weight excluding hydrogens is 302 g/mol. The molecule has 2 rings (SSSR count). The lowest BCUT2D eigenvalue weighted by atomic mass is 10.2. The first kappa shape index (κ1) is 15.6. The van der Waals surface area contributed by atoms with Gasteiger partial charge in [-0.1, -0.05) is 17.1 Å². The minimum atomic E-state index is -3.89. The van der Waals surface area contributed by atoms with Crippen molar-refractivity contribution in [2.45, 2.75) is 18.7 Å². The average molecular weight is 315 g/mol. The van der Waals surface area contributed by atoms with Crippen LogP contribution >= 0.6 is 0 Å². The summed E-state index contributed by atoms with van der Waals surface area (Å²) in [6, 6.07) is 9.23. The van der Waals surface area contributed by atoms with Crippen LogP contribution in [-0.2, 0) is 10.0 Å². The largest absolute Gasteiger partial charge is 0.360 e. The lowest BCUT2D eigenvalue weighted by Crippen LogP contribution is -2.31. The fourth-order valence-electron chi connectivity index (χ4n) is 1.76. The van der Waals surface area contributed by atoms with Crippen LogP contribution in [0.5, 0.6) is 0 Å². The first-order valence-electron chi connectivity index (χ1n) is 6.35. The summed E-state index contributed by atoms with van der Waals surface area (Å²) in [5.74, 6) is 6.01. The smallest absolute Gasteiger partial charge is 0.266 e. The fourth-order valence-corrected chi connectivity index (χ4v) is 3.11. The van der Waals surface area contributed by atoms with Crippen LogP contribution in [0.4, 0.5) is 5.82 Å². The number of nitrogens with zero attached hydrogens (tertiary/aromatic N) is 3. The van der Waals surface area contributed by atoms with Crippen LogP contribution in [0.25, 0.3) is 0 Å². The molecule has 1 heterocycles. The maximum atomic E-state index is 12.8. The molecule has 1 aromatic carbocycles. The van der Waals surface area contributed by atoms with Crippen LogP contribution in [-0.4, -0.2) is 20.1 Å². The van der Waals surface area contributed by atoms with Crippen molar-refractivity contribution in [1.29, 1.82) is 5.26 Å². The molecule has 0 aliphatic rings. The maximum Gasteiger partial charge on any atom is 0.266 e. The second-order valence-electron chi connectivity index (χ2n) is 4.37. The van der Waals surface area contributed by atoms with Crippen molar-refractivity contribution < 1.29 is 12.9 Å². The zero-order valence-electron chi connectivity index (χ0n) is 12.1. The molecule has 0 saturated heterocycles. The van der Waals surface area contributed by atoms with E-state index in [-0.39, 0.29) is 22.8 Å². The van der Waals surface area contributed by atoms with Crippen molar-refractivity contribution in [3.8, 4) is 17.9 Å². The lowest BCUT2D eigenvalue weighted by Gasteiger charge is -2.19. The van der Waals surface area contributed by atoms with Gasteiger partial charge in [0.05, 0.1) is 23.1 Å². The number of benzene rings is 1. The molecule has 7 heteroatoms. The second-order valence-corrected chi connectivity index (χ2v) is 6.24. The fraction of sp³-hybridized carbons (Fsp3) is 0.200. The Morgan fingerprint density at radius 1 is 1.36 bits per heavy atom. The third kappa shape index (κ3) is 3.11. The van der Waals surface area contributed by atoms with Gasteiger partial charge in [0.25, 0.3) is 10.0 Å². The molecule has 0 aliphatic heterocycles. The molecule has 2 aromatic rings. The first-order valence-corrected chi connectivity index (χ1v) is 7.79. The highest BCUT2D eigenvalue weighted by Gasteiger charge is 2.27. The Kier molecular flexibility index (Phi) is 4.50. The number of sulfonamides is 1. The highest BCUT2D eigenvalue weighted by Crippen LogP contribution is 2.23. The van der Waals surface area contributed by atoms with Gasteiger partial charge in [0.15, 0.2) is 5.82 Å². The van der Waals surface area contributed by atoms with E-state index in [0.29, 0.717) is 5.76 Å². The summed E-state index contributed by atoms with van der Waals surface area (Å²) in [6.45, 7) is 3.24. The number of hydrogen-bond acceptors (Lipinski definition) is 5. The van der Waals surface area contributed by atoms with E-state index in [4.69, 9.17) is 9.78 Å². The molecule has 112 valence electrons. The maximum absolute atomic E-state index is 12.8. The standard InChI is InChI=1S/C15H13N3O3S/c1-3-4-8-18(15-9-12(2)21-17-15)22(19,20)14-7-5-6-13(10-14)11-16/h5-7,9-10H,8H2,1-2H3. The van der Waals surface area contributed by atoms with Crippen LogP contribution in [0.2, 0.25) is 0 Å². The van der Waals surface area contributed by atoms with Crippen molar-refractivity contribution in [2.75, 3.05) is 10.8 Å². The topological polar surface area (TPSA) is 87.2 Å². The Hall–Kier alpha value is -2.77. The van der Waals surface area contributed by atoms with Gasteiger partial charge in [-0.2, -0.15) is 5.26 Å². The van der Waals surface area contributed by atoms with Gasteiger partial charge in [-0.15, -0.1) is 5.92 Å². The SMILES string of the molecule is CC#CCN(c1cc(C)on1)S(=O)(=O)c1cccc(C#N)c1. The first-order chi connectivity index (χ1) is 10.5. The normalized spacial score (nSPS) is 10.4. The Balaban J connectivity index is 2.53. The molecule has 0 aliphatic carbocycles. The molecule has 0 radical (unpaired) electrons. The minimum Gasteiger partial charge on any atom is -0.360 e. The van der Waals surface area contributed by atoms with Gasteiger partial charge < -0.3 is 4.52 Å². The van der Waals surface area contributed by atoms with E-state index in [1.54, 1.807) is 13.8 Å². The molecule has 1 aromatic heterocycles. The van der Waals surface area contributed by atoms with E-state index in [1.807, 2.05) is 6.07 Å². The van der Waals surface area contributed by atoms with Crippen molar-refractivity contribution in [3.63, 3.8) is 0 Å². The van der Waals surface area contributed by atoms with E-state index >= 15 is 0 Å². The van der Waals surface area contributed by atoms with E-state index < -0.39 is 10.0 Å². The van der Waals surface area contributed by atoms with Gasteiger partial charge in [-0.05, 0) is 32.0 Å². The molecule has 0 atom stereocenters. The number of nitriles is 1. The van der Waals surface area contributed by atoms with E-state index in [1.165, 1.54) is 30.3 Å². The quantitative estimate of drug-likeness (QED) is 0.806. The lowest BCUT2D eigenvalue weighted by molar-refractivity contribution is 0.398. The van der Waals surface area contributed by atoms with Gasteiger partial charge in [-0.3, -0.25) is 0 Å². The zero-order valence-corrected chi connectivity index (χ0v) is 12.9. The minimum absolute atomic E-state index is 0.00473. The Bertz CT molecular complexity index is 882. The summed E-state index contributed by atoms with van der Waals surface area (Å²) in [4.78, 5) is 0.00473. The third-order valence-electron chi connectivity index (χ3n) is 2.82. The summed E-state index contributed by atoms with van der Waals surface area (Å²) in [7, 11) is -3.89. The Morgan fingerprint density at radius 3 is 2.73 bits per heavy atom. The van der Waals surface area contributed by atoms with Crippen molar-refractivity contribution in [3.05, 3.63) is 41.7 Å². The molecule has 0 saturated carbocycles. The molecule has 6 nitrogen and oxygen atoms in total. The van der Waals surface area contributed by atoms with Crippen LogP contribution in [0.3, 0.4) is 0 Å². The molecule has 0 N–H and O–H groups in total. The molecule has 0 amide bonds. The molecular formula is C15H13N3O3S. The summed E-state index contributed by atoms with van der Waals surface area (Å²) >= 11 is 0. The van der Waals surface area contributed by atoms with E-state index in [9.17, 15) is 8.42 Å². The van der Waals surface area contributed by atoms with E-state index in [2.05, 4.69) is 17.0 Å². The van der Waals surface area contributed by atoms with Crippen molar-refractivity contribution in [1.82, 2.24) is 5.16 Å². The summed E-state index contributed by atoms with van der Waals surface area (Å²) < 4.78 is 31.6. The monoisotopic (exact) mass is 315 g/mol. The second kappa shape index (κ2) is 6.33. The molecule has 0 spiro atoms. The predicted molar refractivity (Wildman–Crippen MR) is 80.4 cm³/mol. The number of hydrogen-bond donors (Lipinski definition) is 0. The molecule has 0 fully saturated rings. The van der Waals surface area contributed by atoms with Gasteiger partial charge in [0, 0.05) is 6.07 Å². The molecule has 0 bridgehead atoms. The number of rotatable bonds is 4. The summed E-state index contributed by atoms with van der Waals surface area (Å²) in [5.41, 5.74) is 0.263.